The number of hydrogen-bond acceptors (Lipinski definition) is 6. The van der Waals surface area contributed by atoms with Crippen molar-refractivity contribution >= 4 is 16.8 Å². The van der Waals surface area contributed by atoms with Gasteiger partial charge in [0.1, 0.15) is 6.33 Å². The van der Waals surface area contributed by atoms with E-state index in [9.17, 15) is 4.79 Å². The lowest BCUT2D eigenvalue weighted by atomic mass is 9.97. The molecule has 0 saturated carbocycles. The minimum Gasteiger partial charge on any atom is -0.481 e. The molecule has 0 N–H and O–H groups in total. The molecule has 1 amide bonds. The molecule has 3 heterocycles. The largest absolute Gasteiger partial charge is 0.481 e. The second-order valence-electron chi connectivity index (χ2n) is 7.41. The van der Waals surface area contributed by atoms with Crippen LogP contribution in [0.1, 0.15) is 28.9 Å². The first kappa shape index (κ1) is 19.2. The molecule has 0 radical (unpaired) electrons. The molecule has 0 unspecified atom stereocenters. The van der Waals surface area contributed by atoms with Crippen molar-refractivity contribution in [2.24, 2.45) is 13.0 Å². The van der Waals surface area contributed by atoms with E-state index >= 15 is 0 Å². The van der Waals surface area contributed by atoms with Crippen molar-refractivity contribution in [2.45, 2.75) is 19.8 Å². The summed E-state index contributed by atoms with van der Waals surface area (Å²) >= 11 is 0. The maximum absolute atomic E-state index is 12.9. The van der Waals surface area contributed by atoms with Gasteiger partial charge < -0.3 is 14.4 Å². The van der Waals surface area contributed by atoms with Gasteiger partial charge in [-0.05, 0) is 43.9 Å². The normalized spacial score (nSPS) is 14.9. The van der Waals surface area contributed by atoms with Gasteiger partial charge in [0.25, 0.3) is 5.91 Å². The van der Waals surface area contributed by atoms with Gasteiger partial charge in [-0.3, -0.25) is 4.79 Å². The summed E-state index contributed by atoms with van der Waals surface area (Å²) in [6, 6.07) is 7.43. The number of aryl methyl sites for hydroxylation is 2. The Hall–Kier alpha value is -3.16. The van der Waals surface area contributed by atoms with Crippen LogP contribution in [0.4, 0.5) is 0 Å². The predicted octanol–water partition coefficient (Wildman–Crippen LogP) is 2.61. The molecule has 0 bridgehead atoms. The number of methoxy groups -OCH3 is 1. The van der Waals surface area contributed by atoms with Crippen LogP contribution in [0, 0.1) is 12.8 Å². The first-order valence-electron chi connectivity index (χ1n) is 9.76. The Bertz CT molecular complexity index is 1020. The molecule has 3 aromatic rings. The topological polar surface area (TPSA) is 82.4 Å². The number of nitrogens with zero attached hydrogens (tertiary/aromatic N) is 5. The lowest BCUT2D eigenvalue weighted by Gasteiger charge is -2.31. The summed E-state index contributed by atoms with van der Waals surface area (Å²) < 4.78 is 12.9. The number of carbonyl (C=O) groups excluding carboxylic acids is 1. The lowest BCUT2D eigenvalue weighted by Crippen LogP contribution is -2.39. The molecular weight excluding hydrogens is 370 g/mol. The van der Waals surface area contributed by atoms with Gasteiger partial charge in [-0.2, -0.15) is 5.10 Å². The van der Waals surface area contributed by atoms with Crippen molar-refractivity contribution in [2.75, 3.05) is 26.8 Å². The van der Waals surface area contributed by atoms with Crippen LogP contribution in [0.25, 0.3) is 10.9 Å². The van der Waals surface area contributed by atoms with E-state index < -0.39 is 0 Å². The monoisotopic (exact) mass is 395 g/mol. The predicted molar refractivity (Wildman–Crippen MR) is 108 cm³/mol. The third-order valence-electron chi connectivity index (χ3n) is 5.37. The summed E-state index contributed by atoms with van der Waals surface area (Å²) in [7, 11) is 3.45. The molecule has 1 saturated heterocycles. The zero-order chi connectivity index (χ0) is 20.4. The van der Waals surface area contributed by atoms with Gasteiger partial charge in [0, 0.05) is 37.5 Å². The molecule has 4 rings (SSSR count). The molecule has 1 aliphatic rings. The average molecular weight is 395 g/mol. The molecule has 0 aliphatic carbocycles. The highest BCUT2D eigenvalue weighted by Crippen LogP contribution is 2.26. The maximum Gasteiger partial charge on any atom is 0.253 e. The maximum atomic E-state index is 12.9. The second-order valence-corrected chi connectivity index (χ2v) is 7.41. The first-order chi connectivity index (χ1) is 14.0. The lowest BCUT2D eigenvalue weighted by molar-refractivity contribution is 0.0659. The number of fused-ring (bicyclic) bond motifs is 1. The number of piperidine rings is 1. The standard InChI is InChI=1S/C21H25N5O3/c1-14-10-19(23-13-22-14)29-12-15-6-8-26(9-7-15)20(27)16-4-5-17-18(11-16)24-25(2)21(17)28-3/h4-5,10-11,13,15H,6-9,12H2,1-3H3. The number of benzene rings is 1. The van der Waals surface area contributed by atoms with E-state index in [0.717, 1.165) is 42.5 Å². The van der Waals surface area contributed by atoms with E-state index in [2.05, 4.69) is 15.1 Å². The molecular formula is C21H25N5O3. The van der Waals surface area contributed by atoms with Crippen molar-refractivity contribution in [1.82, 2.24) is 24.6 Å². The number of aromatic nitrogens is 4. The van der Waals surface area contributed by atoms with Gasteiger partial charge in [0.15, 0.2) is 0 Å². The molecule has 0 spiro atoms. The molecule has 1 aliphatic heterocycles. The quantitative estimate of drug-likeness (QED) is 0.660. The van der Waals surface area contributed by atoms with Crippen LogP contribution >= 0.6 is 0 Å². The van der Waals surface area contributed by atoms with Gasteiger partial charge in [0.05, 0.1) is 24.6 Å². The Morgan fingerprint density at radius 1 is 1.21 bits per heavy atom. The van der Waals surface area contributed by atoms with Gasteiger partial charge in [-0.25, -0.2) is 14.6 Å². The first-order valence-corrected chi connectivity index (χ1v) is 9.76. The number of rotatable bonds is 5. The van der Waals surface area contributed by atoms with Crippen LogP contribution in [0.2, 0.25) is 0 Å². The van der Waals surface area contributed by atoms with Crippen molar-refractivity contribution < 1.29 is 14.3 Å². The summed E-state index contributed by atoms with van der Waals surface area (Å²) in [5, 5.41) is 5.34. The molecule has 29 heavy (non-hydrogen) atoms. The Morgan fingerprint density at radius 2 is 2.00 bits per heavy atom. The molecule has 8 heteroatoms. The molecule has 152 valence electrons. The molecule has 0 atom stereocenters. The molecule has 1 fully saturated rings. The molecule has 1 aromatic carbocycles. The van der Waals surface area contributed by atoms with Crippen molar-refractivity contribution in [3.05, 3.63) is 41.9 Å². The van der Waals surface area contributed by atoms with Crippen LogP contribution in [-0.4, -0.2) is 57.4 Å². The Labute approximate surface area is 169 Å². The molecule has 2 aromatic heterocycles. The number of amides is 1. The van der Waals surface area contributed by atoms with E-state index in [-0.39, 0.29) is 5.91 Å². The SMILES string of the molecule is COc1c2ccc(C(=O)N3CCC(COc4cc(C)ncn4)CC3)cc2nn1C. The Kier molecular flexibility index (Phi) is 5.33. The van der Waals surface area contributed by atoms with E-state index in [4.69, 9.17) is 9.47 Å². The number of carbonyl (C=O) groups is 1. The molecule has 8 nitrogen and oxygen atoms in total. The zero-order valence-electron chi connectivity index (χ0n) is 17.0. The smallest absolute Gasteiger partial charge is 0.253 e. The van der Waals surface area contributed by atoms with Gasteiger partial charge in [-0.1, -0.05) is 0 Å². The fourth-order valence-corrected chi connectivity index (χ4v) is 3.75. The second kappa shape index (κ2) is 8.06. The third-order valence-corrected chi connectivity index (χ3v) is 5.37. The fourth-order valence-electron chi connectivity index (χ4n) is 3.75. The summed E-state index contributed by atoms with van der Waals surface area (Å²) in [6.45, 7) is 3.97. The highest BCUT2D eigenvalue weighted by atomic mass is 16.5. The van der Waals surface area contributed by atoms with Crippen molar-refractivity contribution in [3.63, 3.8) is 0 Å². The fraction of sp³-hybridized carbons (Fsp3) is 0.429. The number of likely N-dealkylation sites (tertiary alicyclic amines) is 1. The van der Waals surface area contributed by atoms with Gasteiger partial charge in [-0.15, -0.1) is 0 Å². The van der Waals surface area contributed by atoms with Crippen LogP contribution in [0.15, 0.2) is 30.6 Å². The summed E-state index contributed by atoms with van der Waals surface area (Å²) in [4.78, 5) is 23.1. The highest BCUT2D eigenvalue weighted by Gasteiger charge is 2.25. The number of ether oxygens (including phenoxy) is 2. The van der Waals surface area contributed by atoms with E-state index in [1.807, 2.05) is 43.1 Å². The Morgan fingerprint density at radius 3 is 2.72 bits per heavy atom. The van der Waals surface area contributed by atoms with Gasteiger partial charge >= 0.3 is 0 Å². The van der Waals surface area contributed by atoms with Crippen LogP contribution in [-0.2, 0) is 7.05 Å². The number of hydrogen-bond donors (Lipinski definition) is 0. The van der Waals surface area contributed by atoms with E-state index in [0.29, 0.717) is 29.8 Å². The summed E-state index contributed by atoms with van der Waals surface area (Å²) in [5.74, 6) is 1.76. The average Bonchev–Trinajstić information content (AvgIpc) is 3.06. The van der Waals surface area contributed by atoms with E-state index in [1.54, 1.807) is 11.8 Å². The van der Waals surface area contributed by atoms with Gasteiger partial charge in [0.2, 0.25) is 11.8 Å². The minimum atomic E-state index is 0.0438. The highest BCUT2D eigenvalue weighted by molar-refractivity contribution is 5.98. The van der Waals surface area contributed by atoms with Crippen LogP contribution in [0.5, 0.6) is 11.8 Å². The Balaban J connectivity index is 1.35. The van der Waals surface area contributed by atoms with Crippen LogP contribution < -0.4 is 9.47 Å². The zero-order valence-corrected chi connectivity index (χ0v) is 17.0. The minimum absolute atomic E-state index is 0.0438. The van der Waals surface area contributed by atoms with Crippen molar-refractivity contribution in [1.29, 1.82) is 0 Å². The summed E-state index contributed by atoms with van der Waals surface area (Å²) in [6.07, 6.45) is 3.34. The van der Waals surface area contributed by atoms with Crippen molar-refractivity contribution in [3.8, 4) is 11.8 Å². The van der Waals surface area contributed by atoms with E-state index in [1.165, 1.54) is 6.33 Å². The van der Waals surface area contributed by atoms with Crippen LogP contribution in [0.3, 0.4) is 0 Å². The summed E-state index contributed by atoms with van der Waals surface area (Å²) in [5.41, 5.74) is 2.31. The third kappa shape index (κ3) is 4.01.